The van der Waals surface area contributed by atoms with Crippen molar-refractivity contribution in [1.29, 1.82) is 0 Å². The highest BCUT2D eigenvalue weighted by Gasteiger charge is 2.18. The number of oxazole rings is 1. The van der Waals surface area contributed by atoms with Gasteiger partial charge in [0.25, 0.3) is 5.91 Å². The number of carbonyl (C=O) groups is 1. The maximum absolute atomic E-state index is 12.2. The number of aromatic nitrogens is 1. The van der Waals surface area contributed by atoms with Gasteiger partial charge in [0.1, 0.15) is 4.99 Å². The molecule has 0 atom stereocenters. The molecule has 0 spiro atoms. The molecule has 0 aliphatic rings. The van der Waals surface area contributed by atoms with Gasteiger partial charge in [0.15, 0.2) is 5.89 Å². The van der Waals surface area contributed by atoms with Gasteiger partial charge in [0, 0.05) is 12.5 Å². The summed E-state index contributed by atoms with van der Waals surface area (Å²) in [5, 5.41) is 2.76. The number of nitrogens with zero attached hydrogens (tertiary/aromatic N) is 1. The second kappa shape index (κ2) is 5.42. The van der Waals surface area contributed by atoms with Crippen LogP contribution in [0.5, 0.6) is 0 Å². The van der Waals surface area contributed by atoms with Crippen LogP contribution in [0.3, 0.4) is 0 Å². The smallest absolute Gasteiger partial charge is 0.293 e. The molecule has 2 rings (SSSR count). The van der Waals surface area contributed by atoms with Gasteiger partial charge in [0.2, 0.25) is 5.76 Å². The number of benzene rings is 1. The summed E-state index contributed by atoms with van der Waals surface area (Å²) in [5.41, 5.74) is 8.38. The molecule has 1 aromatic carbocycles. The highest BCUT2D eigenvalue weighted by Crippen LogP contribution is 2.21. The van der Waals surface area contributed by atoms with Crippen molar-refractivity contribution in [2.24, 2.45) is 5.73 Å². The molecule has 2 aromatic rings. The second-order valence-corrected chi connectivity index (χ2v) is 4.90. The zero-order chi connectivity index (χ0) is 14.9. The standard InChI is InChI=1S/C14H15N3O2S/c1-7-5-4-6-10(11(7)13(15)20)17-14(18)12-8(2)16-9(3)19-12/h4-6H,1-3H3,(H2,15,20)(H,17,18). The fourth-order valence-electron chi connectivity index (χ4n) is 2.02. The van der Waals surface area contributed by atoms with E-state index < -0.39 is 0 Å². The highest BCUT2D eigenvalue weighted by atomic mass is 32.1. The first-order chi connectivity index (χ1) is 9.40. The maximum atomic E-state index is 12.2. The van der Waals surface area contributed by atoms with Crippen LogP contribution in [0.1, 0.15) is 33.3 Å². The summed E-state index contributed by atoms with van der Waals surface area (Å²) >= 11 is 5.03. The molecule has 0 aliphatic heterocycles. The van der Waals surface area contributed by atoms with Crippen LogP contribution >= 0.6 is 12.2 Å². The Hall–Kier alpha value is -2.21. The van der Waals surface area contributed by atoms with Crippen molar-refractivity contribution in [1.82, 2.24) is 4.98 Å². The van der Waals surface area contributed by atoms with Crippen molar-refractivity contribution in [2.75, 3.05) is 5.32 Å². The Balaban J connectivity index is 2.36. The topological polar surface area (TPSA) is 81.2 Å². The summed E-state index contributed by atoms with van der Waals surface area (Å²) in [6.07, 6.45) is 0. The van der Waals surface area contributed by atoms with Crippen LogP contribution in [0.25, 0.3) is 0 Å². The lowest BCUT2D eigenvalue weighted by Gasteiger charge is -2.11. The SMILES string of the molecule is Cc1nc(C)c(C(=O)Nc2cccc(C)c2C(N)=S)o1. The van der Waals surface area contributed by atoms with E-state index >= 15 is 0 Å². The quantitative estimate of drug-likeness (QED) is 0.848. The summed E-state index contributed by atoms with van der Waals surface area (Å²) in [4.78, 5) is 16.5. The molecule has 0 saturated heterocycles. The van der Waals surface area contributed by atoms with Crippen molar-refractivity contribution in [3.05, 3.63) is 46.7 Å². The molecule has 0 saturated carbocycles. The number of carbonyl (C=O) groups excluding carboxylic acids is 1. The van der Waals surface area contributed by atoms with Crippen LogP contribution in [-0.4, -0.2) is 15.9 Å². The minimum atomic E-state index is -0.369. The lowest BCUT2D eigenvalue weighted by molar-refractivity contribution is 0.0994. The van der Waals surface area contributed by atoms with Crippen molar-refractivity contribution in [2.45, 2.75) is 20.8 Å². The molecule has 0 fully saturated rings. The van der Waals surface area contributed by atoms with E-state index in [-0.39, 0.29) is 16.7 Å². The molecular weight excluding hydrogens is 274 g/mol. The zero-order valence-corrected chi connectivity index (χ0v) is 12.3. The van der Waals surface area contributed by atoms with Crippen molar-refractivity contribution < 1.29 is 9.21 Å². The lowest BCUT2D eigenvalue weighted by Crippen LogP contribution is -2.19. The molecule has 0 aliphatic carbocycles. The van der Waals surface area contributed by atoms with Crippen LogP contribution in [0, 0.1) is 20.8 Å². The third-order valence-electron chi connectivity index (χ3n) is 2.88. The van der Waals surface area contributed by atoms with Crippen molar-refractivity contribution in [3.63, 3.8) is 0 Å². The average molecular weight is 289 g/mol. The van der Waals surface area contributed by atoms with Crippen molar-refractivity contribution >= 4 is 28.8 Å². The van der Waals surface area contributed by atoms with Crippen LogP contribution in [0.15, 0.2) is 22.6 Å². The Kier molecular flexibility index (Phi) is 3.85. The van der Waals surface area contributed by atoms with Crippen LogP contribution in [0.2, 0.25) is 0 Å². The summed E-state index contributed by atoms with van der Waals surface area (Å²) in [6.45, 7) is 5.29. The first kappa shape index (κ1) is 14.2. The van der Waals surface area contributed by atoms with Crippen LogP contribution < -0.4 is 11.1 Å². The van der Waals surface area contributed by atoms with E-state index in [4.69, 9.17) is 22.4 Å². The monoisotopic (exact) mass is 289 g/mol. The summed E-state index contributed by atoms with van der Waals surface area (Å²) < 4.78 is 5.29. The number of thiocarbonyl (C=S) groups is 1. The molecule has 5 nitrogen and oxygen atoms in total. The largest absolute Gasteiger partial charge is 0.436 e. The van der Waals surface area contributed by atoms with E-state index in [0.717, 1.165) is 5.56 Å². The molecule has 1 heterocycles. The fourth-order valence-corrected chi connectivity index (χ4v) is 2.29. The molecule has 0 bridgehead atoms. The zero-order valence-electron chi connectivity index (χ0n) is 11.5. The van der Waals surface area contributed by atoms with Crippen LogP contribution in [-0.2, 0) is 0 Å². The van der Waals surface area contributed by atoms with E-state index in [1.54, 1.807) is 19.9 Å². The minimum absolute atomic E-state index is 0.192. The normalized spacial score (nSPS) is 10.3. The molecule has 6 heteroatoms. The van der Waals surface area contributed by atoms with Gasteiger partial charge in [-0.3, -0.25) is 4.79 Å². The summed E-state index contributed by atoms with van der Waals surface area (Å²) in [6, 6.07) is 5.46. The number of nitrogens with two attached hydrogens (primary N) is 1. The predicted octanol–water partition coefficient (Wildman–Crippen LogP) is 2.49. The molecule has 0 unspecified atom stereocenters. The second-order valence-electron chi connectivity index (χ2n) is 4.46. The van der Waals surface area contributed by atoms with Gasteiger partial charge >= 0.3 is 0 Å². The number of anilines is 1. The maximum Gasteiger partial charge on any atom is 0.293 e. The van der Waals surface area contributed by atoms with Gasteiger partial charge in [-0.15, -0.1) is 0 Å². The average Bonchev–Trinajstić information content (AvgIpc) is 2.68. The molecular formula is C14H15N3O2S. The minimum Gasteiger partial charge on any atom is -0.436 e. The Labute approximate surface area is 122 Å². The van der Waals surface area contributed by atoms with Crippen molar-refractivity contribution in [3.8, 4) is 0 Å². The Morgan fingerprint density at radius 3 is 2.60 bits per heavy atom. The number of amides is 1. The molecule has 104 valence electrons. The molecule has 1 amide bonds. The first-order valence-electron chi connectivity index (χ1n) is 6.05. The summed E-state index contributed by atoms with van der Waals surface area (Å²) in [7, 11) is 0. The third-order valence-corrected chi connectivity index (χ3v) is 3.08. The van der Waals surface area contributed by atoms with E-state index in [0.29, 0.717) is 22.8 Å². The molecule has 20 heavy (non-hydrogen) atoms. The lowest BCUT2D eigenvalue weighted by atomic mass is 10.1. The van der Waals surface area contributed by atoms with E-state index in [9.17, 15) is 4.79 Å². The Morgan fingerprint density at radius 2 is 2.05 bits per heavy atom. The van der Waals surface area contributed by atoms with Gasteiger partial charge in [-0.25, -0.2) is 4.98 Å². The van der Waals surface area contributed by atoms with E-state index in [2.05, 4.69) is 10.3 Å². The number of rotatable bonds is 3. The molecule has 0 radical (unpaired) electrons. The number of aryl methyl sites for hydroxylation is 3. The van der Waals surface area contributed by atoms with Gasteiger partial charge in [0.05, 0.1) is 11.4 Å². The Morgan fingerprint density at radius 1 is 1.35 bits per heavy atom. The summed E-state index contributed by atoms with van der Waals surface area (Å²) in [5.74, 6) is 0.274. The van der Waals surface area contributed by atoms with Crippen LogP contribution in [0.4, 0.5) is 5.69 Å². The van der Waals surface area contributed by atoms with Gasteiger partial charge in [-0.05, 0) is 25.5 Å². The van der Waals surface area contributed by atoms with Gasteiger partial charge < -0.3 is 15.5 Å². The number of nitrogens with one attached hydrogen (secondary N) is 1. The predicted molar refractivity (Wildman–Crippen MR) is 81.0 cm³/mol. The highest BCUT2D eigenvalue weighted by molar-refractivity contribution is 7.80. The van der Waals surface area contributed by atoms with Gasteiger partial charge in [-0.1, -0.05) is 24.4 Å². The first-order valence-corrected chi connectivity index (χ1v) is 6.45. The van der Waals surface area contributed by atoms with E-state index in [1.165, 1.54) is 0 Å². The fraction of sp³-hybridized carbons (Fsp3) is 0.214. The molecule has 3 N–H and O–H groups in total. The van der Waals surface area contributed by atoms with Gasteiger partial charge in [-0.2, -0.15) is 0 Å². The molecule has 1 aromatic heterocycles. The number of hydrogen-bond donors (Lipinski definition) is 2. The number of hydrogen-bond acceptors (Lipinski definition) is 4. The van der Waals surface area contributed by atoms with E-state index in [1.807, 2.05) is 19.1 Å². The third kappa shape index (κ3) is 2.70. The Bertz CT molecular complexity index is 692.